The van der Waals surface area contributed by atoms with Gasteiger partial charge in [-0.2, -0.15) is 0 Å². The zero-order valence-corrected chi connectivity index (χ0v) is 18.9. The Morgan fingerprint density at radius 2 is 2.03 bits per heavy atom. The summed E-state index contributed by atoms with van der Waals surface area (Å²) in [5.41, 5.74) is 15.6. The summed E-state index contributed by atoms with van der Waals surface area (Å²) in [4.78, 5) is 25.3. The van der Waals surface area contributed by atoms with E-state index in [1.807, 2.05) is 11.0 Å². The van der Waals surface area contributed by atoms with Crippen molar-refractivity contribution < 1.29 is 13.9 Å². The molecule has 0 atom stereocenters. The largest absolute Gasteiger partial charge is 0.481 e. The van der Waals surface area contributed by atoms with E-state index >= 15 is 0 Å². The summed E-state index contributed by atoms with van der Waals surface area (Å²) in [5.74, 6) is -0.177. The lowest BCUT2D eigenvalue weighted by Gasteiger charge is -2.28. The number of carbonyl (C=O) groups excluding carboxylic acids is 1. The van der Waals surface area contributed by atoms with E-state index in [0.717, 1.165) is 12.8 Å². The second-order valence-electron chi connectivity index (χ2n) is 7.59. The first kappa shape index (κ1) is 23.1. The Hall–Kier alpha value is -3.62. The van der Waals surface area contributed by atoms with E-state index in [4.69, 9.17) is 16.2 Å². The number of nitrogens with two attached hydrogens (primary N) is 2. The first-order chi connectivity index (χ1) is 15.3. The maximum Gasteiger partial charge on any atom is 0.256 e. The molecule has 0 radical (unpaired) electrons. The van der Waals surface area contributed by atoms with Crippen molar-refractivity contribution in [3.63, 3.8) is 0 Å². The van der Waals surface area contributed by atoms with E-state index in [0.29, 0.717) is 46.2 Å². The minimum absolute atomic E-state index is 0.113. The third-order valence-electron chi connectivity index (χ3n) is 5.38. The molecule has 0 fully saturated rings. The minimum atomic E-state index is -0.448. The smallest absolute Gasteiger partial charge is 0.256 e. The third-order valence-corrected chi connectivity index (χ3v) is 5.38. The molecule has 1 aromatic heterocycles. The topological polar surface area (TPSA) is 110 Å². The number of amides is 1. The van der Waals surface area contributed by atoms with Crippen molar-refractivity contribution in [1.82, 2.24) is 9.88 Å². The SMILES string of the molecule is CCCCN1c2cc(F)ccc2C(=O)N(C)CC(N)=C(C(=NC)OC)c2cnc(N)c1c2. The maximum atomic E-state index is 14.3. The van der Waals surface area contributed by atoms with Crippen molar-refractivity contribution in [2.75, 3.05) is 44.9 Å². The lowest BCUT2D eigenvalue weighted by molar-refractivity contribution is 0.0807. The van der Waals surface area contributed by atoms with Crippen LogP contribution in [0.2, 0.25) is 0 Å². The third kappa shape index (κ3) is 4.37. The molecule has 3 rings (SSSR count). The van der Waals surface area contributed by atoms with E-state index in [-0.39, 0.29) is 18.3 Å². The molecule has 1 amide bonds. The molecular formula is C23H29FN6O2. The number of ether oxygens (including phenoxy) is 1. The number of unbranched alkanes of at least 4 members (excludes halogenated alkanes) is 1. The van der Waals surface area contributed by atoms with Crippen LogP contribution in [0.25, 0.3) is 5.57 Å². The van der Waals surface area contributed by atoms with Crippen LogP contribution in [0.3, 0.4) is 0 Å². The molecule has 0 aliphatic carbocycles. The molecule has 0 unspecified atom stereocenters. The van der Waals surface area contributed by atoms with Crippen molar-refractivity contribution >= 4 is 34.6 Å². The number of aromatic nitrogens is 1. The van der Waals surface area contributed by atoms with E-state index in [1.165, 1.54) is 30.2 Å². The van der Waals surface area contributed by atoms with Gasteiger partial charge in [-0.3, -0.25) is 9.79 Å². The van der Waals surface area contributed by atoms with Crippen LogP contribution < -0.4 is 16.4 Å². The highest BCUT2D eigenvalue weighted by molar-refractivity contribution is 6.20. The standard InChI is InChI=1S/C23H29FN6O2/c1-5-6-9-30-18-11-15(24)7-8-16(18)23(31)29(3)13-17(25)20(22(27-2)32-4)14-10-19(30)21(26)28-12-14/h7-8,10-12H,5-6,9,13,25H2,1-4H3,(H2,26,28). The summed E-state index contributed by atoms with van der Waals surface area (Å²) in [6.07, 6.45) is 3.29. The highest BCUT2D eigenvalue weighted by atomic mass is 19.1. The number of methoxy groups -OCH3 is 1. The molecule has 32 heavy (non-hydrogen) atoms. The number of hydrogen-bond acceptors (Lipinski definition) is 7. The van der Waals surface area contributed by atoms with Gasteiger partial charge in [0, 0.05) is 38.1 Å². The van der Waals surface area contributed by atoms with E-state index in [1.54, 1.807) is 20.3 Å². The Morgan fingerprint density at radius 3 is 2.69 bits per heavy atom. The average Bonchev–Trinajstić information content (AvgIpc) is 2.78. The molecule has 2 aromatic rings. The van der Waals surface area contributed by atoms with Crippen molar-refractivity contribution in [3.8, 4) is 0 Å². The van der Waals surface area contributed by atoms with Crippen molar-refractivity contribution in [2.24, 2.45) is 10.7 Å². The van der Waals surface area contributed by atoms with Gasteiger partial charge in [-0.25, -0.2) is 9.37 Å². The second kappa shape index (κ2) is 9.67. The number of nitrogens with zero attached hydrogens (tertiary/aromatic N) is 4. The van der Waals surface area contributed by atoms with E-state index < -0.39 is 5.82 Å². The molecule has 2 heterocycles. The summed E-state index contributed by atoms with van der Waals surface area (Å²) < 4.78 is 19.8. The van der Waals surface area contributed by atoms with Crippen molar-refractivity contribution in [1.29, 1.82) is 0 Å². The number of pyridine rings is 1. The van der Waals surface area contributed by atoms with Crippen LogP contribution in [-0.4, -0.2) is 56.0 Å². The second-order valence-corrected chi connectivity index (χ2v) is 7.59. The highest BCUT2D eigenvalue weighted by Gasteiger charge is 2.27. The molecule has 1 aromatic carbocycles. The monoisotopic (exact) mass is 440 g/mol. The molecule has 0 saturated carbocycles. The van der Waals surface area contributed by atoms with Gasteiger partial charge in [0.25, 0.3) is 5.91 Å². The molecule has 170 valence electrons. The predicted molar refractivity (Wildman–Crippen MR) is 125 cm³/mol. The van der Waals surface area contributed by atoms with Gasteiger partial charge in [0.15, 0.2) is 0 Å². The van der Waals surface area contributed by atoms with Gasteiger partial charge < -0.3 is 26.0 Å². The van der Waals surface area contributed by atoms with Crippen molar-refractivity contribution in [3.05, 3.63) is 53.1 Å². The molecule has 1 aliphatic rings. The Bertz CT molecular complexity index is 1080. The predicted octanol–water partition coefficient (Wildman–Crippen LogP) is 3.17. The number of likely N-dealkylation sites (N-methyl/N-ethyl adjacent to an activating group) is 1. The fraction of sp³-hybridized carbons (Fsp3) is 0.348. The molecule has 4 N–H and O–H groups in total. The highest BCUT2D eigenvalue weighted by Crippen LogP contribution is 2.36. The minimum Gasteiger partial charge on any atom is -0.481 e. The molecule has 9 heteroatoms. The number of halogens is 1. The molecule has 1 aliphatic heterocycles. The number of nitrogen functional groups attached to an aromatic ring is 1. The number of fused-ring (bicyclic) bond motifs is 3. The number of anilines is 3. The quantitative estimate of drug-likeness (QED) is 0.558. The lowest BCUT2D eigenvalue weighted by atomic mass is 10.0. The van der Waals surface area contributed by atoms with Gasteiger partial charge in [0.1, 0.15) is 11.6 Å². The normalized spacial score (nSPS) is 14.9. The van der Waals surface area contributed by atoms with E-state index in [2.05, 4.69) is 16.9 Å². The number of aliphatic imine (C=N–C) groups is 1. The number of carbonyl (C=O) groups is 1. The summed E-state index contributed by atoms with van der Waals surface area (Å²) in [6, 6.07) is 5.95. The average molecular weight is 441 g/mol. The molecule has 8 nitrogen and oxygen atoms in total. The molecule has 2 bridgehead atoms. The van der Waals surface area contributed by atoms with Gasteiger partial charge in [-0.15, -0.1) is 0 Å². The van der Waals surface area contributed by atoms with Crippen LogP contribution in [0.15, 0.2) is 41.2 Å². The summed E-state index contributed by atoms with van der Waals surface area (Å²) in [6.45, 7) is 2.69. The Kier molecular flexibility index (Phi) is 6.97. The van der Waals surface area contributed by atoms with Gasteiger partial charge in [-0.1, -0.05) is 13.3 Å². The Morgan fingerprint density at radius 1 is 1.28 bits per heavy atom. The van der Waals surface area contributed by atoms with Gasteiger partial charge in [-0.05, 0) is 30.7 Å². The first-order valence-corrected chi connectivity index (χ1v) is 10.4. The first-order valence-electron chi connectivity index (χ1n) is 10.4. The molecule has 0 saturated heterocycles. The van der Waals surface area contributed by atoms with Gasteiger partial charge >= 0.3 is 0 Å². The zero-order chi connectivity index (χ0) is 23.4. The van der Waals surface area contributed by atoms with Crippen LogP contribution in [0.4, 0.5) is 21.6 Å². The summed E-state index contributed by atoms with van der Waals surface area (Å²) in [7, 11) is 4.74. The van der Waals surface area contributed by atoms with Crippen molar-refractivity contribution in [2.45, 2.75) is 19.8 Å². The fourth-order valence-electron chi connectivity index (χ4n) is 3.78. The number of hydrogen-bond donors (Lipinski definition) is 2. The zero-order valence-electron chi connectivity index (χ0n) is 18.9. The van der Waals surface area contributed by atoms with Gasteiger partial charge in [0.05, 0.1) is 36.2 Å². The van der Waals surface area contributed by atoms with Crippen LogP contribution in [0.5, 0.6) is 0 Å². The summed E-state index contributed by atoms with van der Waals surface area (Å²) in [5, 5.41) is 0. The Labute approximate surface area is 187 Å². The van der Waals surface area contributed by atoms with Crippen LogP contribution in [-0.2, 0) is 4.74 Å². The fourth-order valence-corrected chi connectivity index (χ4v) is 3.78. The Balaban J connectivity index is 2.37. The van der Waals surface area contributed by atoms with E-state index in [9.17, 15) is 9.18 Å². The maximum absolute atomic E-state index is 14.3. The van der Waals surface area contributed by atoms with Crippen LogP contribution >= 0.6 is 0 Å². The molecular weight excluding hydrogens is 411 g/mol. The van der Waals surface area contributed by atoms with Gasteiger partial charge in [0.2, 0.25) is 5.90 Å². The molecule has 0 spiro atoms. The summed E-state index contributed by atoms with van der Waals surface area (Å²) >= 11 is 0. The van der Waals surface area contributed by atoms with Crippen LogP contribution in [0.1, 0.15) is 35.7 Å². The number of benzene rings is 1. The van der Waals surface area contributed by atoms with Crippen LogP contribution in [0, 0.1) is 5.82 Å². The number of rotatable bonds is 4. The lowest BCUT2D eigenvalue weighted by Crippen LogP contribution is -2.33.